The lowest BCUT2D eigenvalue weighted by molar-refractivity contribution is 0.378. The lowest BCUT2D eigenvalue weighted by Gasteiger charge is -2.05. The van der Waals surface area contributed by atoms with E-state index in [4.69, 9.17) is 4.74 Å². The third-order valence-corrected chi connectivity index (χ3v) is 1.92. The number of rotatable bonds is 1. The van der Waals surface area contributed by atoms with E-state index in [1.54, 1.807) is 18.3 Å². The van der Waals surface area contributed by atoms with E-state index in [1.165, 1.54) is 7.11 Å². The molecule has 3 heteroatoms. The molecule has 66 valence electrons. The van der Waals surface area contributed by atoms with Gasteiger partial charge in [0.2, 0.25) is 0 Å². The molecule has 2 rings (SSSR count). The molecule has 3 nitrogen and oxygen atoms in total. The molecule has 0 aliphatic heterocycles. The molecule has 0 radical (unpaired) electrons. The predicted octanol–water partition coefficient (Wildman–Crippen LogP) is 1.95. The van der Waals surface area contributed by atoms with E-state index in [0.717, 1.165) is 10.9 Å². The summed E-state index contributed by atoms with van der Waals surface area (Å²) in [5.41, 5.74) is 0.817. The molecule has 0 atom stereocenters. The summed E-state index contributed by atoms with van der Waals surface area (Å²) >= 11 is 0. The molecule has 0 fully saturated rings. The molecule has 0 amide bonds. The highest BCUT2D eigenvalue weighted by Gasteiger charge is 2.06. The first-order valence-electron chi connectivity index (χ1n) is 3.93. The second-order valence-corrected chi connectivity index (χ2v) is 2.69. The van der Waals surface area contributed by atoms with Gasteiger partial charge in [-0.05, 0) is 24.3 Å². The van der Waals surface area contributed by atoms with Crippen molar-refractivity contribution in [3.63, 3.8) is 0 Å². The standard InChI is InChI=1S/C10H9NO2/c1-13-10-7-3-2-6-11-8(7)4-5-9(10)12/h2-6,12H,1H3. The SMILES string of the molecule is COc1c(O)ccc2ncccc12. The zero-order chi connectivity index (χ0) is 9.26. The number of ether oxygens (including phenoxy) is 1. The van der Waals surface area contributed by atoms with Crippen molar-refractivity contribution in [1.29, 1.82) is 0 Å². The number of phenols is 1. The molecule has 1 aromatic carbocycles. The Morgan fingerprint density at radius 1 is 1.31 bits per heavy atom. The van der Waals surface area contributed by atoms with Crippen LogP contribution < -0.4 is 4.74 Å². The van der Waals surface area contributed by atoms with Gasteiger partial charge in [0.05, 0.1) is 12.6 Å². The number of aromatic hydroxyl groups is 1. The minimum Gasteiger partial charge on any atom is -0.504 e. The molecule has 0 aliphatic rings. The minimum atomic E-state index is 0.142. The number of benzene rings is 1. The molecule has 0 saturated carbocycles. The van der Waals surface area contributed by atoms with Gasteiger partial charge in [0, 0.05) is 11.6 Å². The number of pyridine rings is 1. The Labute approximate surface area is 75.6 Å². The topological polar surface area (TPSA) is 42.4 Å². The van der Waals surface area contributed by atoms with Gasteiger partial charge >= 0.3 is 0 Å². The van der Waals surface area contributed by atoms with Crippen molar-refractivity contribution in [3.05, 3.63) is 30.5 Å². The third-order valence-electron chi connectivity index (χ3n) is 1.92. The van der Waals surface area contributed by atoms with Crippen molar-refractivity contribution in [2.75, 3.05) is 7.11 Å². The van der Waals surface area contributed by atoms with E-state index in [2.05, 4.69) is 4.98 Å². The Hall–Kier alpha value is -1.77. The molecular weight excluding hydrogens is 166 g/mol. The number of hydrogen-bond donors (Lipinski definition) is 1. The van der Waals surface area contributed by atoms with Crippen molar-refractivity contribution in [1.82, 2.24) is 4.98 Å². The second-order valence-electron chi connectivity index (χ2n) is 2.69. The van der Waals surface area contributed by atoms with Crippen molar-refractivity contribution in [2.24, 2.45) is 0 Å². The maximum Gasteiger partial charge on any atom is 0.169 e. The summed E-state index contributed by atoms with van der Waals surface area (Å²) in [7, 11) is 1.53. The maximum absolute atomic E-state index is 9.46. The molecule has 0 spiro atoms. The number of aromatic nitrogens is 1. The van der Waals surface area contributed by atoms with Gasteiger partial charge in [-0.2, -0.15) is 0 Å². The van der Waals surface area contributed by atoms with Crippen LogP contribution >= 0.6 is 0 Å². The Bertz CT molecular complexity index is 440. The van der Waals surface area contributed by atoms with Crippen molar-refractivity contribution in [3.8, 4) is 11.5 Å². The van der Waals surface area contributed by atoms with E-state index in [-0.39, 0.29) is 5.75 Å². The van der Waals surface area contributed by atoms with Crippen LogP contribution in [0.5, 0.6) is 11.5 Å². The van der Waals surface area contributed by atoms with Crippen LogP contribution in [-0.4, -0.2) is 17.2 Å². The molecule has 0 unspecified atom stereocenters. The molecule has 1 heterocycles. The van der Waals surface area contributed by atoms with Crippen LogP contribution in [0.2, 0.25) is 0 Å². The Morgan fingerprint density at radius 3 is 2.92 bits per heavy atom. The quantitative estimate of drug-likeness (QED) is 0.720. The molecule has 2 aromatic rings. The van der Waals surface area contributed by atoms with Gasteiger partial charge in [0.1, 0.15) is 0 Å². The first-order valence-corrected chi connectivity index (χ1v) is 3.93. The number of methoxy groups -OCH3 is 1. The van der Waals surface area contributed by atoms with Crippen LogP contribution in [-0.2, 0) is 0 Å². The number of fused-ring (bicyclic) bond motifs is 1. The fourth-order valence-electron chi connectivity index (χ4n) is 1.33. The third kappa shape index (κ3) is 1.18. The lowest BCUT2D eigenvalue weighted by Crippen LogP contribution is -1.86. The minimum absolute atomic E-state index is 0.142. The summed E-state index contributed by atoms with van der Waals surface area (Å²) in [4.78, 5) is 4.14. The van der Waals surface area contributed by atoms with Gasteiger partial charge in [-0.15, -0.1) is 0 Å². The smallest absolute Gasteiger partial charge is 0.169 e. The molecular formula is C10H9NO2. The summed E-state index contributed by atoms with van der Waals surface area (Å²) in [6.07, 6.45) is 1.71. The second kappa shape index (κ2) is 2.94. The first kappa shape index (κ1) is 7.86. The Morgan fingerprint density at radius 2 is 2.15 bits per heavy atom. The molecule has 0 saturated heterocycles. The van der Waals surface area contributed by atoms with Crippen LogP contribution in [0.1, 0.15) is 0 Å². The van der Waals surface area contributed by atoms with E-state index < -0.39 is 0 Å². The van der Waals surface area contributed by atoms with Crippen LogP contribution in [0.3, 0.4) is 0 Å². The monoisotopic (exact) mass is 175 g/mol. The number of phenolic OH excluding ortho intramolecular Hbond substituents is 1. The average Bonchev–Trinajstić information content (AvgIpc) is 2.18. The van der Waals surface area contributed by atoms with E-state index in [1.807, 2.05) is 12.1 Å². The molecule has 13 heavy (non-hydrogen) atoms. The van der Waals surface area contributed by atoms with Gasteiger partial charge in [0.15, 0.2) is 11.5 Å². The lowest BCUT2D eigenvalue weighted by atomic mass is 10.2. The van der Waals surface area contributed by atoms with E-state index in [9.17, 15) is 5.11 Å². The summed E-state index contributed by atoms with van der Waals surface area (Å²) < 4.78 is 5.07. The average molecular weight is 175 g/mol. The molecule has 1 N–H and O–H groups in total. The fraction of sp³-hybridized carbons (Fsp3) is 0.100. The Balaban J connectivity index is 2.84. The largest absolute Gasteiger partial charge is 0.504 e. The van der Waals surface area contributed by atoms with Gasteiger partial charge in [0.25, 0.3) is 0 Å². The van der Waals surface area contributed by atoms with Crippen LogP contribution in [0.25, 0.3) is 10.9 Å². The van der Waals surface area contributed by atoms with Gasteiger partial charge in [-0.1, -0.05) is 0 Å². The fourth-order valence-corrected chi connectivity index (χ4v) is 1.33. The zero-order valence-electron chi connectivity index (χ0n) is 7.19. The van der Waals surface area contributed by atoms with Crippen LogP contribution in [0, 0.1) is 0 Å². The predicted molar refractivity (Wildman–Crippen MR) is 50.0 cm³/mol. The van der Waals surface area contributed by atoms with Gasteiger partial charge in [-0.25, -0.2) is 0 Å². The Kier molecular flexibility index (Phi) is 1.77. The molecule has 0 aliphatic carbocycles. The number of nitrogens with zero attached hydrogens (tertiary/aromatic N) is 1. The first-order chi connectivity index (χ1) is 6.33. The maximum atomic E-state index is 9.46. The highest BCUT2D eigenvalue weighted by molar-refractivity contribution is 5.87. The van der Waals surface area contributed by atoms with Gasteiger partial charge < -0.3 is 9.84 Å². The molecule has 1 aromatic heterocycles. The highest BCUT2D eigenvalue weighted by atomic mass is 16.5. The molecule has 0 bridgehead atoms. The zero-order valence-corrected chi connectivity index (χ0v) is 7.19. The summed E-state index contributed by atoms with van der Waals surface area (Å²) in [5, 5.41) is 10.3. The highest BCUT2D eigenvalue weighted by Crippen LogP contribution is 2.32. The van der Waals surface area contributed by atoms with Gasteiger partial charge in [-0.3, -0.25) is 4.98 Å². The van der Waals surface area contributed by atoms with Crippen molar-refractivity contribution < 1.29 is 9.84 Å². The summed E-state index contributed by atoms with van der Waals surface area (Å²) in [5.74, 6) is 0.619. The van der Waals surface area contributed by atoms with Crippen LogP contribution in [0.15, 0.2) is 30.5 Å². The number of hydrogen-bond acceptors (Lipinski definition) is 3. The summed E-state index contributed by atoms with van der Waals surface area (Å²) in [6.45, 7) is 0. The normalized spacial score (nSPS) is 10.2. The van der Waals surface area contributed by atoms with E-state index >= 15 is 0 Å². The summed E-state index contributed by atoms with van der Waals surface area (Å²) in [6, 6.07) is 7.01. The van der Waals surface area contributed by atoms with Crippen molar-refractivity contribution in [2.45, 2.75) is 0 Å². The van der Waals surface area contributed by atoms with E-state index in [0.29, 0.717) is 5.75 Å². The van der Waals surface area contributed by atoms with Crippen molar-refractivity contribution >= 4 is 10.9 Å². The van der Waals surface area contributed by atoms with Crippen LogP contribution in [0.4, 0.5) is 0 Å².